The van der Waals surface area contributed by atoms with Crippen LogP contribution in [-0.2, 0) is 6.42 Å². The van der Waals surface area contributed by atoms with E-state index in [1.54, 1.807) is 7.11 Å². The topological polar surface area (TPSA) is 29.5 Å². The maximum absolute atomic E-state index is 11.0. The first-order valence-electron chi connectivity index (χ1n) is 7.88. The van der Waals surface area contributed by atoms with E-state index in [-0.39, 0.29) is 0 Å². The lowest BCUT2D eigenvalue weighted by molar-refractivity contribution is 0.0232. The van der Waals surface area contributed by atoms with Crippen molar-refractivity contribution in [3.05, 3.63) is 29.8 Å². The molecule has 0 aliphatic heterocycles. The molecule has 0 heterocycles. The lowest BCUT2D eigenvalue weighted by atomic mass is 9.85. The van der Waals surface area contributed by atoms with Crippen LogP contribution in [0.4, 0.5) is 0 Å². The zero-order valence-electron chi connectivity index (χ0n) is 13.1. The minimum absolute atomic E-state index is 0.557. The molecule has 0 saturated heterocycles. The second kappa shape index (κ2) is 6.62. The SMILES string of the molecule is COc1ccccc1CC1(O)CCCC(C(C)C)CC1. The van der Waals surface area contributed by atoms with Gasteiger partial charge in [0, 0.05) is 6.42 Å². The highest BCUT2D eigenvalue weighted by Crippen LogP contribution is 2.37. The number of hydrogen-bond donors (Lipinski definition) is 1. The molecule has 2 nitrogen and oxygen atoms in total. The highest BCUT2D eigenvalue weighted by Gasteiger charge is 2.32. The molecular formula is C18H28O2. The fraction of sp³-hybridized carbons (Fsp3) is 0.667. The van der Waals surface area contributed by atoms with E-state index in [2.05, 4.69) is 19.9 Å². The summed E-state index contributed by atoms with van der Waals surface area (Å²) >= 11 is 0. The lowest BCUT2D eigenvalue weighted by Gasteiger charge is -2.28. The molecule has 2 atom stereocenters. The van der Waals surface area contributed by atoms with E-state index in [9.17, 15) is 5.11 Å². The van der Waals surface area contributed by atoms with Crippen LogP contribution in [0.1, 0.15) is 51.5 Å². The summed E-state index contributed by atoms with van der Waals surface area (Å²) in [6.45, 7) is 4.60. The van der Waals surface area contributed by atoms with Crippen molar-refractivity contribution in [2.75, 3.05) is 7.11 Å². The van der Waals surface area contributed by atoms with E-state index in [0.29, 0.717) is 6.42 Å². The van der Waals surface area contributed by atoms with Crippen molar-refractivity contribution in [3.8, 4) is 5.75 Å². The number of hydrogen-bond acceptors (Lipinski definition) is 2. The van der Waals surface area contributed by atoms with Crippen LogP contribution in [0.2, 0.25) is 0 Å². The third kappa shape index (κ3) is 3.76. The zero-order chi connectivity index (χ0) is 14.6. The smallest absolute Gasteiger partial charge is 0.122 e. The highest BCUT2D eigenvalue weighted by molar-refractivity contribution is 5.34. The third-order valence-electron chi connectivity index (χ3n) is 4.85. The molecule has 2 heteroatoms. The van der Waals surface area contributed by atoms with Crippen LogP contribution < -0.4 is 4.74 Å². The second-order valence-corrected chi connectivity index (χ2v) is 6.65. The van der Waals surface area contributed by atoms with Gasteiger partial charge in [-0.3, -0.25) is 0 Å². The van der Waals surface area contributed by atoms with E-state index < -0.39 is 5.60 Å². The molecule has 2 rings (SSSR count). The normalized spacial score (nSPS) is 27.4. The van der Waals surface area contributed by atoms with Gasteiger partial charge in [-0.2, -0.15) is 0 Å². The van der Waals surface area contributed by atoms with Crippen molar-refractivity contribution >= 4 is 0 Å². The number of rotatable bonds is 4. The van der Waals surface area contributed by atoms with Crippen LogP contribution in [-0.4, -0.2) is 17.8 Å². The van der Waals surface area contributed by atoms with Gasteiger partial charge in [-0.25, -0.2) is 0 Å². The Morgan fingerprint density at radius 3 is 2.70 bits per heavy atom. The fourth-order valence-electron chi connectivity index (χ4n) is 3.46. The molecule has 1 fully saturated rings. The van der Waals surface area contributed by atoms with Crippen molar-refractivity contribution in [2.45, 2.75) is 58.0 Å². The standard InChI is InChI=1S/C18H28O2/c1-14(2)15-8-6-11-18(19,12-10-15)13-16-7-4-5-9-17(16)20-3/h4-5,7,9,14-15,19H,6,8,10-13H2,1-3H3. The van der Waals surface area contributed by atoms with Crippen molar-refractivity contribution in [1.82, 2.24) is 0 Å². The summed E-state index contributed by atoms with van der Waals surface area (Å²) in [6.07, 6.45) is 6.06. The molecule has 0 bridgehead atoms. The summed E-state index contributed by atoms with van der Waals surface area (Å²) in [5.41, 5.74) is 0.568. The number of ether oxygens (including phenoxy) is 1. The van der Waals surface area contributed by atoms with Gasteiger partial charge in [0.2, 0.25) is 0 Å². The Labute approximate surface area is 123 Å². The van der Waals surface area contributed by atoms with Gasteiger partial charge in [-0.05, 0) is 42.7 Å². The highest BCUT2D eigenvalue weighted by atomic mass is 16.5. The molecular weight excluding hydrogens is 248 g/mol. The summed E-state index contributed by atoms with van der Waals surface area (Å²) in [6, 6.07) is 8.05. The summed E-state index contributed by atoms with van der Waals surface area (Å²) < 4.78 is 5.41. The van der Waals surface area contributed by atoms with Crippen LogP contribution in [0, 0.1) is 11.8 Å². The Hall–Kier alpha value is -1.02. The van der Waals surface area contributed by atoms with E-state index in [0.717, 1.165) is 48.8 Å². The molecule has 20 heavy (non-hydrogen) atoms. The summed E-state index contributed by atoms with van der Waals surface area (Å²) in [5.74, 6) is 2.39. The Balaban J connectivity index is 2.07. The predicted octanol–water partition coefficient (Wildman–Crippen LogP) is 4.21. The van der Waals surface area contributed by atoms with Crippen LogP contribution in [0.5, 0.6) is 5.75 Å². The largest absolute Gasteiger partial charge is 0.496 e. The quantitative estimate of drug-likeness (QED) is 0.835. The third-order valence-corrected chi connectivity index (χ3v) is 4.85. The van der Waals surface area contributed by atoms with Gasteiger partial charge >= 0.3 is 0 Å². The van der Waals surface area contributed by atoms with Crippen molar-refractivity contribution in [2.24, 2.45) is 11.8 Å². The van der Waals surface area contributed by atoms with E-state index in [4.69, 9.17) is 4.74 Å². The number of methoxy groups -OCH3 is 1. The molecule has 1 saturated carbocycles. The van der Waals surface area contributed by atoms with Gasteiger partial charge in [-0.1, -0.05) is 44.9 Å². The molecule has 0 spiro atoms. The van der Waals surface area contributed by atoms with Crippen LogP contribution in [0.25, 0.3) is 0 Å². The minimum atomic E-state index is -0.557. The minimum Gasteiger partial charge on any atom is -0.496 e. The first-order valence-corrected chi connectivity index (χ1v) is 7.88. The Morgan fingerprint density at radius 1 is 1.25 bits per heavy atom. The molecule has 112 valence electrons. The maximum Gasteiger partial charge on any atom is 0.122 e. The number of para-hydroxylation sites is 1. The van der Waals surface area contributed by atoms with Gasteiger partial charge in [0.05, 0.1) is 12.7 Å². The molecule has 1 N–H and O–H groups in total. The Bertz CT molecular complexity index is 427. The average Bonchev–Trinajstić information content (AvgIpc) is 2.61. The number of benzene rings is 1. The molecule has 1 aliphatic carbocycles. The van der Waals surface area contributed by atoms with Gasteiger partial charge in [0.25, 0.3) is 0 Å². The summed E-state index contributed by atoms with van der Waals surface area (Å²) in [7, 11) is 1.70. The van der Waals surface area contributed by atoms with Gasteiger partial charge < -0.3 is 9.84 Å². The lowest BCUT2D eigenvalue weighted by Crippen LogP contribution is -2.31. The summed E-state index contributed by atoms with van der Waals surface area (Å²) in [5, 5.41) is 11.0. The average molecular weight is 276 g/mol. The molecule has 1 aromatic carbocycles. The van der Waals surface area contributed by atoms with Crippen LogP contribution in [0.3, 0.4) is 0 Å². The monoisotopic (exact) mass is 276 g/mol. The van der Waals surface area contributed by atoms with E-state index >= 15 is 0 Å². The van der Waals surface area contributed by atoms with Crippen LogP contribution >= 0.6 is 0 Å². The first-order chi connectivity index (χ1) is 9.54. The predicted molar refractivity (Wildman–Crippen MR) is 83.1 cm³/mol. The Morgan fingerprint density at radius 2 is 2.00 bits per heavy atom. The van der Waals surface area contributed by atoms with Gasteiger partial charge in [0.1, 0.15) is 5.75 Å². The Kier molecular flexibility index (Phi) is 5.09. The van der Waals surface area contributed by atoms with Crippen molar-refractivity contribution < 1.29 is 9.84 Å². The molecule has 1 aromatic rings. The summed E-state index contributed by atoms with van der Waals surface area (Å²) in [4.78, 5) is 0. The zero-order valence-corrected chi connectivity index (χ0v) is 13.1. The van der Waals surface area contributed by atoms with Gasteiger partial charge in [0.15, 0.2) is 0 Å². The molecule has 2 unspecified atom stereocenters. The fourth-order valence-corrected chi connectivity index (χ4v) is 3.46. The number of aliphatic hydroxyl groups is 1. The molecule has 0 radical (unpaired) electrons. The van der Waals surface area contributed by atoms with E-state index in [1.165, 1.54) is 6.42 Å². The van der Waals surface area contributed by atoms with Gasteiger partial charge in [-0.15, -0.1) is 0 Å². The second-order valence-electron chi connectivity index (χ2n) is 6.65. The molecule has 1 aliphatic rings. The molecule has 0 aromatic heterocycles. The van der Waals surface area contributed by atoms with Crippen LogP contribution in [0.15, 0.2) is 24.3 Å². The van der Waals surface area contributed by atoms with Crippen molar-refractivity contribution in [1.29, 1.82) is 0 Å². The van der Waals surface area contributed by atoms with E-state index in [1.807, 2.05) is 18.2 Å². The maximum atomic E-state index is 11.0. The first kappa shape index (κ1) is 15.4. The van der Waals surface area contributed by atoms with Crippen molar-refractivity contribution in [3.63, 3.8) is 0 Å². The molecule has 0 amide bonds.